The van der Waals surface area contributed by atoms with Crippen LogP contribution in [0.3, 0.4) is 0 Å². The van der Waals surface area contributed by atoms with Crippen molar-refractivity contribution in [2.75, 3.05) is 6.61 Å². The minimum Gasteiger partial charge on any atom is -0.451 e. The average Bonchev–Trinajstić information content (AvgIpc) is 3.10. The Bertz CT molecular complexity index is 891. The van der Waals surface area contributed by atoms with E-state index >= 15 is 0 Å². The van der Waals surface area contributed by atoms with E-state index in [1.165, 1.54) is 11.4 Å². The van der Waals surface area contributed by atoms with E-state index in [4.69, 9.17) is 9.88 Å². The zero-order valence-electron chi connectivity index (χ0n) is 15.0. The maximum Gasteiger partial charge on any atom is 0.350 e. The molecule has 9 heteroatoms. The van der Waals surface area contributed by atoms with Crippen LogP contribution in [-0.2, 0) is 19.6 Å². The summed E-state index contributed by atoms with van der Waals surface area (Å²) in [6, 6.07) is 10.5. The van der Waals surface area contributed by atoms with E-state index in [-0.39, 0.29) is 15.8 Å². The summed E-state index contributed by atoms with van der Waals surface area (Å²) in [5.74, 6) is -1.02. The predicted molar refractivity (Wildman–Crippen MR) is 103 cm³/mol. The molecule has 1 aromatic carbocycles. The maximum absolute atomic E-state index is 12.2. The molecule has 3 N–H and O–H groups in total. The van der Waals surface area contributed by atoms with Crippen molar-refractivity contribution < 1.29 is 22.7 Å². The van der Waals surface area contributed by atoms with E-state index < -0.39 is 28.5 Å². The van der Waals surface area contributed by atoms with E-state index in [2.05, 4.69) is 5.32 Å². The Labute approximate surface area is 162 Å². The lowest BCUT2D eigenvalue weighted by Gasteiger charge is -2.21. The molecule has 0 aliphatic heterocycles. The third-order valence-corrected chi connectivity index (χ3v) is 5.68. The Morgan fingerprint density at radius 2 is 1.85 bits per heavy atom. The number of ether oxygens (including phenoxy) is 1. The van der Waals surface area contributed by atoms with Crippen molar-refractivity contribution in [1.29, 1.82) is 0 Å². The SMILES string of the molecule is CC(C)C[C@H](NC(=O)COC(=O)c1sccc1S(N)(=O)=O)c1ccccc1. The summed E-state index contributed by atoms with van der Waals surface area (Å²) in [7, 11) is -4.03. The van der Waals surface area contributed by atoms with E-state index in [0.29, 0.717) is 5.92 Å². The zero-order chi connectivity index (χ0) is 20.0. The summed E-state index contributed by atoms with van der Waals surface area (Å²) in [5.41, 5.74) is 0.959. The molecule has 146 valence electrons. The highest BCUT2D eigenvalue weighted by molar-refractivity contribution is 7.89. The second-order valence-electron chi connectivity index (χ2n) is 6.40. The first-order valence-corrected chi connectivity index (χ1v) is 10.7. The molecule has 1 atom stereocenters. The van der Waals surface area contributed by atoms with Gasteiger partial charge in [0.2, 0.25) is 10.0 Å². The largest absolute Gasteiger partial charge is 0.451 e. The van der Waals surface area contributed by atoms with Crippen molar-refractivity contribution in [3.63, 3.8) is 0 Å². The van der Waals surface area contributed by atoms with Crippen LogP contribution >= 0.6 is 11.3 Å². The lowest BCUT2D eigenvalue weighted by molar-refractivity contribution is -0.125. The molecule has 27 heavy (non-hydrogen) atoms. The summed E-state index contributed by atoms with van der Waals surface area (Å²) in [5, 5.41) is 9.34. The van der Waals surface area contributed by atoms with Gasteiger partial charge in [0.1, 0.15) is 9.77 Å². The summed E-state index contributed by atoms with van der Waals surface area (Å²) in [6.45, 7) is 3.59. The third-order valence-electron chi connectivity index (χ3n) is 3.70. The second kappa shape index (κ2) is 9.12. The predicted octanol–water partition coefficient (Wildman–Crippen LogP) is 2.46. The van der Waals surface area contributed by atoms with Crippen LogP contribution in [0.2, 0.25) is 0 Å². The molecule has 0 unspecified atom stereocenters. The topological polar surface area (TPSA) is 116 Å². The highest BCUT2D eigenvalue weighted by Crippen LogP contribution is 2.22. The number of hydrogen-bond donors (Lipinski definition) is 2. The lowest BCUT2D eigenvalue weighted by Crippen LogP contribution is -2.33. The molecule has 0 radical (unpaired) electrons. The number of sulfonamides is 1. The zero-order valence-corrected chi connectivity index (χ0v) is 16.7. The van der Waals surface area contributed by atoms with Crippen LogP contribution < -0.4 is 10.5 Å². The van der Waals surface area contributed by atoms with E-state index in [1.807, 2.05) is 44.2 Å². The monoisotopic (exact) mass is 410 g/mol. The van der Waals surface area contributed by atoms with Crippen LogP contribution in [0.25, 0.3) is 0 Å². The number of nitrogens with two attached hydrogens (primary N) is 1. The molecule has 1 aromatic heterocycles. The van der Waals surface area contributed by atoms with Gasteiger partial charge in [0.25, 0.3) is 5.91 Å². The van der Waals surface area contributed by atoms with Gasteiger partial charge < -0.3 is 10.1 Å². The number of carbonyl (C=O) groups excluding carboxylic acids is 2. The molecule has 0 fully saturated rings. The Morgan fingerprint density at radius 3 is 2.44 bits per heavy atom. The summed E-state index contributed by atoms with van der Waals surface area (Å²) in [6.07, 6.45) is 0.726. The molecular weight excluding hydrogens is 388 g/mol. The Morgan fingerprint density at radius 1 is 1.19 bits per heavy atom. The van der Waals surface area contributed by atoms with Gasteiger partial charge in [0.15, 0.2) is 6.61 Å². The molecule has 0 saturated carbocycles. The highest BCUT2D eigenvalue weighted by Gasteiger charge is 2.23. The second-order valence-corrected chi connectivity index (χ2v) is 8.84. The molecule has 2 aromatic rings. The number of carbonyl (C=O) groups is 2. The third kappa shape index (κ3) is 6.16. The van der Waals surface area contributed by atoms with Gasteiger partial charge in [-0.1, -0.05) is 44.2 Å². The van der Waals surface area contributed by atoms with Crippen LogP contribution in [0, 0.1) is 5.92 Å². The molecule has 1 amide bonds. The molecule has 0 bridgehead atoms. The summed E-state index contributed by atoms with van der Waals surface area (Å²) < 4.78 is 27.9. The molecule has 0 aliphatic carbocycles. The van der Waals surface area contributed by atoms with Gasteiger partial charge in [-0.25, -0.2) is 18.4 Å². The smallest absolute Gasteiger partial charge is 0.350 e. The quantitative estimate of drug-likeness (QED) is 0.649. The van der Waals surface area contributed by atoms with Crippen molar-refractivity contribution in [2.45, 2.75) is 31.2 Å². The van der Waals surface area contributed by atoms with Gasteiger partial charge in [0, 0.05) is 0 Å². The number of amides is 1. The van der Waals surface area contributed by atoms with E-state index in [9.17, 15) is 18.0 Å². The number of nitrogens with one attached hydrogen (secondary N) is 1. The molecule has 0 aliphatic rings. The van der Waals surface area contributed by atoms with Crippen molar-refractivity contribution in [2.24, 2.45) is 11.1 Å². The van der Waals surface area contributed by atoms with Crippen LogP contribution in [-0.4, -0.2) is 26.9 Å². The number of primary sulfonamides is 1. The molecule has 0 saturated heterocycles. The fourth-order valence-corrected chi connectivity index (χ4v) is 4.40. The van der Waals surface area contributed by atoms with Gasteiger partial charge in [-0.15, -0.1) is 11.3 Å². The summed E-state index contributed by atoms with van der Waals surface area (Å²) in [4.78, 5) is 23.9. The highest BCUT2D eigenvalue weighted by atomic mass is 32.2. The fraction of sp³-hybridized carbons (Fsp3) is 0.333. The Hall–Kier alpha value is -2.23. The first kappa shape index (κ1) is 21.1. The van der Waals surface area contributed by atoms with Crippen LogP contribution in [0.15, 0.2) is 46.7 Å². The fourth-order valence-electron chi connectivity index (χ4n) is 2.54. The average molecular weight is 411 g/mol. The van der Waals surface area contributed by atoms with Gasteiger partial charge in [0.05, 0.1) is 6.04 Å². The van der Waals surface area contributed by atoms with Crippen molar-refractivity contribution >= 4 is 33.2 Å². The van der Waals surface area contributed by atoms with Crippen molar-refractivity contribution in [1.82, 2.24) is 5.32 Å². The van der Waals surface area contributed by atoms with Crippen LogP contribution in [0.5, 0.6) is 0 Å². The van der Waals surface area contributed by atoms with Crippen LogP contribution in [0.1, 0.15) is 41.5 Å². The number of esters is 1. The molecule has 0 spiro atoms. The van der Waals surface area contributed by atoms with Gasteiger partial charge in [-0.05, 0) is 29.3 Å². The Kier molecular flexibility index (Phi) is 7.11. The summed E-state index contributed by atoms with van der Waals surface area (Å²) >= 11 is 0.890. The molecule has 2 rings (SSSR count). The lowest BCUT2D eigenvalue weighted by atomic mass is 9.97. The van der Waals surface area contributed by atoms with Crippen molar-refractivity contribution in [3.05, 3.63) is 52.2 Å². The number of hydrogen-bond acceptors (Lipinski definition) is 6. The molecule has 7 nitrogen and oxygen atoms in total. The molecular formula is C18H22N2O5S2. The first-order valence-electron chi connectivity index (χ1n) is 8.30. The maximum atomic E-state index is 12.2. The van der Waals surface area contributed by atoms with Crippen LogP contribution in [0.4, 0.5) is 0 Å². The Balaban J connectivity index is 2.00. The van der Waals surface area contributed by atoms with Gasteiger partial charge in [-0.2, -0.15) is 0 Å². The van der Waals surface area contributed by atoms with E-state index in [1.54, 1.807) is 0 Å². The van der Waals surface area contributed by atoms with Gasteiger partial charge in [-0.3, -0.25) is 4.79 Å². The van der Waals surface area contributed by atoms with Crippen molar-refractivity contribution in [3.8, 4) is 0 Å². The van der Waals surface area contributed by atoms with E-state index in [0.717, 1.165) is 23.3 Å². The number of rotatable bonds is 8. The number of thiophene rings is 1. The standard InChI is InChI=1S/C18H22N2O5S2/c1-12(2)10-14(13-6-4-3-5-7-13)20-16(21)11-25-18(22)17-15(8-9-26-17)27(19,23)24/h3-9,12,14H,10-11H2,1-2H3,(H,20,21)(H2,19,23,24)/t14-/m0/s1. The van der Waals surface area contributed by atoms with Gasteiger partial charge >= 0.3 is 5.97 Å². The molecule has 1 heterocycles. The first-order chi connectivity index (χ1) is 12.7. The normalized spacial score (nSPS) is 12.6. The minimum atomic E-state index is -4.03. The minimum absolute atomic E-state index is 0.146. The number of benzene rings is 1.